The number of rotatable bonds is 5. The van der Waals surface area contributed by atoms with Crippen molar-refractivity contribution in [2.75, 3.05) is 26.2 Å². The van der Waals surface area contributed by atoms with Gasteiger partial charge in [-0.15, -0.1) is 0 Å². The summed E-state index contributed by atoms with van der Waals surface area (Å²) >= 11 is 0. The minimum absolute atomic E-state index is 0.174. The van der Waals surface area contributed by atoms with Crippen LogP contribution in [0.3, 0.4) is 0 Å². The van der Waals surface area contributed by atoms with Crippen LogP contribution in [-0.2, 0) is 20.9 Å². The van der Waals surface area contributed by atoms with Crippen molar-refractivity contribution >= 4 is 17.9 Å². The lowest BCUT2D eigenvalue weighted by atomic mass is 10.2. The van der Waals surface area contributed by atoms with Crippen LogP contribution < -0.4 is 5.32 Å². The highest BCUT2D eigenvalue weighted by molar-refractivity contribution is 5.92. The van der Waals surface area contributed by atoms with E-state index in [2.05, 4.69) is 11.9 Å². The van der Waals surface area contributed by atoms with Crippen LogP contribution >= 0.6 is 0 Å². The number of benzene rings is 1. The molecule has 0 aromatic heterocycles. The lowest BCUT2D eigenvalue weighted by Gasteiger charge is -2.35. The molecule has 25 heavy (non-hydrogen) atoms. The maximum atomic E-state index is 12.3. The van der Waals surface area contributed by atoms with Crippen LogP contribution in [0.4, 0.5) is 4.79 Å². The number of amides is 3. The third kappa shape index (κ3) is 5.34. The van der Waals surface area contributed by atoms with Crippen LogP contribution in [0.5, 0.6) is 0 Å². The molecule has 0 spiro atoms. The molecule has 0 saturated carbocycles. The van der Waals surface area contributed by atoms with E-state index in [1.54, 1.807) is 16.7 Å². The van der Waals surface area contributed by atoms with Crippen LogP contribution in [0.15, 0.2) is 43.0 Å². The SMILES string of the molecule is C=CC(=O)N[C@H](C)C(=O)N1CCN(C(=O)OCc2ccccc2)CC1. The molecule has 2 rings (SSSR count). The summed E-state index contributed by atoms with van der Waals surface area (Å²) in [5.41, 5.74) is 0.927. The molecule has 1 aliphatic heterocycles. The molecule has 7 heteroatoms. The fourth-order valence-corrected chi connectivity index (χ4v) is 2.53. The number of nitrogens with zero attached hydrogens (tertiary/aromatic N) is 2. The van der Waals surface area contributed by atoms with E-state index in [-0.39, 0.29) is 24.5 Å². The second kappa shape index (κ2) is 8.86. The zero-order chi connectivity index (χ0) is 18.2. The quantitative estimate of drug-likeness (QED) is 0.812. The molecule has 134 valence electrons. The summed E-state index contributed by atoms with van der Waals surface area (Å²) in [5, 5.41) is 2.55. The fraction of sp³-hybridized carbons (Fsp3) is 0.389. The van der Waals surface area contributed by atoms with Gasteiger partial charge < -0.3 is 19.9 Å². The summed E-state index contributed by atoms with van der Waals surface area (Å²) in [6, 6.07) is 8.84. The first-order chi connectivity index (χ1) is 12.0. The normalized spacial score (nSPS) is 15.2. The molecule has 1 aliphatic rings. The first-order valence-electron chi connectivity index (χ1n) is 8.18. The molecule has 3 amide bonds. The monoisotopic (exact) mass is 345 g/mol. The predicted molar refractivity (Wildman–Crippen MR) is 92.6 cm³/mol. The summed E-state index contributed by atoms with van der Waals surface area (Å²) in [6.07, 6.45) is 0.744. The van der Waals surface area contributed by atoms with Gasteiger partial charge in [-0.05, 0) is 18.6 Å². The fourth-order valence-electron chi connectivity index (χ4n) is 2.53. The van der Waals surface area contributed by atoms with Gasteiger partial charge in [-0.2, -0.15) is 0 Å². The van der Waals surface area contributed by atoms with E-state index in [1.165, 1.54) is 0 Å². The highest BCUT2D eigenvalue weighted by atomic mass is 16.6. The van der Waals surface area contributed by atoms with Crippen LogP contribution in [0.1, 0.15) is 12.5 Å². The third-order valence-corrected chi connectivity index (χ3v) is 3.97. The van der Waals surface area contributed by atoms with Gasteiger partial charge in [-0.3, -0.25) is 9.59 Å². The average molecular weight is 345 g/mol. The van der Waals surface area contributed by atoms with E-state index in [0.717, 1.165) is 11.6 Å². The zero-order valence-corrected chi connectivity index (χ0v) is 14.3. The summed E-state index contributed by atoms with van der Waals surface area (Å²) < 4.78 is 5.29. The number of nitrogens with one attached hydrogen (secondary N) is 1. The van der Waals surface area contributed by atoms with E-state index >= 15 is 0 Å². The number of hydrogen-bond donors (Lipinski definition) is 1. The Morgan fingerprint density at radius 1 is 1.16 bits per heavy atom. The first kappa shape index (κ1) is 18.5. The Labute approximate surface area is 147 Å². The molecule has 1 saturated heterocycles. The van der Waals surface area contributed by atoms with E-state index in [9.17, 15) is 14.4 Å². The van der Waals surface area contributed by atoms with Crippen molar-refractivity contribution in [2.45, 2.75) is 19.6 Å². The van der Waals surface area contributed by atoms with Crippen LogP contribution in [0.2, 0.25) is 0 Å². The Balaban J connectivity index is 1.76. The molecular weight excluding hydrogens is 322 g/mol. The second-order valence-corrected chi connectivity index (χ2v) is 5.79. The second-order valence-electron chi connectivity index (χ2n) is 5.79. The van der Waals surface area contributed by atoms with Crippen molar-refractivity contribution in [1.29, 1.82) is 0 Å². The van der Waals surface area contributed by atoms with E-state index in [1.807, 2.05) is 30.3 Å². The summed E-state index contributed by atoms with van der Waals surface area (Å²) in [7, 11) is 0. The smallest absolute Gasteiger partial charge is 0.410 e. The Kier molecular flexibility index (Phi) is 6.56. The van der Waals surface area contributed by atoms with Gasteiger partial charge in [0.05, 0.1) is 0 Å². The molecule has 1 N–H and O–H groups in total. The van der Waals surface area contributed by atoms with Crippen LogP contribution in [0, 0.1) is 0 Å². The largest absolute Gasteiger partial charge is 0.445 e. The van der Waals surface area contributed by atoms with Crippen molar-refractivity contribution in [3.63, 3.8) is 0 Å². The van der Waals surface area contributed by atoms with Gasteiger partial charge in [0.2, 0.25) is 11.8 Å². The van der Waals surface area contributed by atoms with Crippen LogP contribution in [-0.4, -0.2) is 59.9 Å². The standard InChI is InChI=1S/C18H23N3O4/c1-3-16(22)19-14(2)17(23)20-9-11-21(12-10-20)18(24)25-13-15-7-5-4-6-8-15/h3-8,14H,1,9-13H2,2H3,(H,19,22)/t14-/m1/s1. The average Bonchev–Trinajstić information content (AvgIpc) is 2.66. The molecule has 0 aliphatic carbocycles. The lowest BCUT2D eigenvalue weighted by molar-refractivity contribution is -0.136. The van der Waals surface area contributed by atoms with E-state index in [4.69, 9.17) is 4.74 Å². The minimum atomic E-state index is -0.623. The number of carbonyl (C=O) groups is 3. The molecule has 7 nitrogen and oxygen atoms in total. The Bertz CT molecular complexity index is 624. The van der Waals surface area contributed by atoms with Crippen molar-refractivity contribution in [1.82, 2.24) is 15.1 Å². The molecule has 1 aromatic carbocycles. The maximum Gasteiger partial charge on any atom is 0.410 e. The molecule has 1 atom stereocenters. The van der Waals surface area contributed by atoms with E-state index < -0.39 is 6.04 Å². The Morgan fingerprint density at radius 2 is 1.76 bits per heavy atom. The van der Waals surface area contributed by atoms with Crippen molar-refractivity contribution < 1.29 is 19.1 Å². The molecule has 1 aromatic rings. The van der Waals surface area contributed by atoms with Gasteiger partial charge in [0, 0.05) is 26.2 Å². The molecule has 0 bridgehead atoms. The first-order valence-corrected chi connectivity index (χ1v) is 8.18. The zero-order valence-electron chi connectivity index (χ0n) is 14.3. The molecule has 0 radical (unpaired) electrons. The molecule has 1 heterocycles. The van der Waals surface area contributed by atoms with Gasteiger partial charge in [0.1, 0.15) is 12.6 Å². The number of piperazine rings is 1. The van der Waals surface area contributed by atoms with Gasteiger partial charge >= 0.3 is 6.09 Å². The maximum absolute atomic E-state index is 12.3. The van der Waals surface area contributed by atoms with Crippen molar-refractivity contribution in [3.8, 4) is 0 Å². The minimum Gasteiger partial charge on any atom is -0.445 e. The highest BCUT2D eigenvalue weighted by Gasteiger charge is 2.27. The Hall–Kier alpha value is -2.83. The van der Waals surface area contributed by atoms with Gasteiger partial charge in [-0.1, -0.05) is 36.9 Å². The summed E-state index contributed by atoms with van der Waals surface area (Å²) in [6.45, 7) is 6.84. The lowest BCUT2D eigenvalue weighted by Crippen LogP contribution is -2.55. The van der Waals surface area contributed by atoms with Crippen molar-refractivity contribution in [2.24, 2.45) is 0 Å². The molecule has 0 unspecified atom stereocenters. The third-order valence-electron chi connectivity index (χ3n) is 3.97. The van der Waals surface area contributed by atoms with E-state index in [0.29, 0.717) is 26.2 Å². The van der Waals surface area contributed by atoms with Gasteiger partial charge in [0.25, 0.3) is 0 Å². The molecular formula is C18H23N3O4. The van der Waals surface area contributed by atoms with Crippen LogP contribution in [0.25, 0.3) is 0 Å². The summed E-state index contributed by atoms with van der Waals surface area (Å²) in [4.78, 5) is 38.9. The number of hydrogen-bond acceptors (Lipinski definition) is 4. The van der Waals surface area contributed by atoms with Gasteiger partial charge in [0.15, 0.2) is 0 Å². The Morgan fingerprint density at radius 3 is 2.36 bits per heavy atom. The number of ether oxygens (including phenoxy) is 1. The summed E-state index contributed by atoms with van der Waals surface area (Å²) in [5.74, 6) is -0.559. The topological polar surface area (TPSA) is 79.0 Å². The molecule has 1 fully saturated rings. The van der Waals surface area contributed by atoms with Crippen molar-refractivity contribution in [3.05, 3.63) is 48.6 Å². The number of carbonyl (C=O) groups excluding carboxylic acids is 3. The van der Waals surface area contributed by atoms with Gasteiger partial charge in [-0.25, -0.2) is 4.79 Å². The highest BCUT2D eigenvalue weighted by Crippen LogP contribution is 2.08. The predicted octanol–water partition coefficient (Wildman–Crippen LogP) is 1.16.